The predicted octanol–water partition coefficient (Wildman–Crippen LogP) is -1.67. The molecule has 0 aliphatic carbocycles. The minimum absolute atomic E-state index is 0. The maximum absolute atomic E-state index is 10.6. The van der Waals surface area contributed by atoms with Gasteiger partial charge in [0.25, 0.3) is 0 Å². The number of nitrogens with one attached hydrogen (secondary N) is 3. The van der Waals surface area contributed by atoms with Crippen LogP contribution in [-0.4, -0.2) is 126 Å². The molecule has 3 N–H and O–H groups in total. The molecule has 0 spiro atoms. The number of hydrogen-bond donors (Lipinski definition) is 3. The number of halogens is 3. The SMILES string of the molecule is CSCC[C@H](NCC(C)=O)C(=O)[O-].CSCC[C@H](NCC(C)=O)C(=O)[O-].CSCC[C@H](NCC(C)=O)C(=O)[O-].Cl.Cl.Cl.S.S.S.[Al+3]. The third kappa shape index (κ3) is 54.3. The number of carboxylic acids is 3. The van der Waals surface area contributed by atoms with Gasteiger partial charge in [-0.1, -0.05) is 0 Å². The van der Waals surface area contributed by atoms with Crippen LogP contribution in [0.2, 0.25) is 0 Å². The van der Waals surface area contributed by atoms with E-state index in [4.69, 9.17) is 0 Å². The largest absolute Gasteiger partial charge is 3.00 e. The van der Waals surface area contributed by atoms with Gasteiger partial charge in [-0.25, -0.2) is 0 Å². The van der Waals surface area contributed by atoms with Gasteiger partial charge < -0.3 is 45.7 Å². The van der Waals surface area contributed by atoms with Gasteiger partial charge in [-0.3, -0.25) is 14.4 Å². The van der Waals surface area contributed by atoms with Crippen molar-refractivity contribution in [2.24, 2.45) is 0 Å². The van der Waals surface area contributed by atoms with E-state index in [-0.39, 0.29) is 132 Å². The van der Waals surface area contributed by atoms with E-state index < -0.39 is 36.0 Å². The summed E-state index contributed by atoms with van der Waals surface area (Å²) in [5.74, 6) is -1.43. The Morgan fingerprint density at radius 2 is 0.674 bits per heavy atom. The Kier molecular flexibility index (Phi) is 79.1. The molecular weight excluding hydrogens is 800 g/mol. The molecule has 0 fully saturated rings. The Balaban J connectivity index is -0.0000000491. The maximum atomic E-state index is 10.6. The number of hydrogen-bond acceptors (Lipinski definition) is 15. The van der Waals surface area contributed by atoms with Gasteiger partial charge >= 0.3 is 17.4 Å². The second-order valence-corrected chi connectivity index (χ2v) is 11.2. The van der Waals surface area contributed by atoms with E-state index in [0.717, 1.165) is 17.3 Å². The summed E-state index contributed by atoms with van der Waals surface area (Å²) in [4.78, 5) is 63.3. The zero-order chi connectivity index (χ0) is 30.8. The number of aliphatic carboxylic acids is 3. The van der Waals surface area contributed by atoms with Crippen LogP contribution in [0, 0.1) is 0 Å². The molecule has 0 unspecified atom stereocenters. The van der Waals surface area contributed by atoms with Gasteiger partial charge in [0.2, 0.25) is 0 Å². The first-order valence-corrected chi connectivity index (χ1v) is 16.2. The first kappa shape index (κ1) is 72.5. The van der Waals surface area contributed by atoms with Crippen molar-refractivity contribution in [1.29, 1.82) is 0 Å². The summed E-state index contributed by atoms with van der Waals surface area (Å²) in [5.41, 5.74) is 0. The third-order valence-electron chi connectivity index (χ3n) is 4.48. The molecule has 0 aromatic heterocycles. The summed E-state index contributed by atoms with van der Waals surface area (Å²) in [6.45, 7) is 4.50. The molecule has 276 valence electrons. The van der Waals surface area contributed by atoms with Crippen LogP contribution in [0.4, 0.5) is 0 Å². The monoisotopic (exact) mass is 849 g/mol. The molecule has 0 saturated carbocycles. The van der Waals surface area contributed by atoms with Crippen molar-refractivity contribution in [2.75, 3.05) is 55.7 Å². The molecule has 0 aliphatic rings. The van der Waals surface area contributed by atoms with Crippen LogP contribution < -0.4 is 31.3 Å². The fourth-order valence-corrected chi connectivity index (χ4v) is 3.83. The predicted molar refractivity (Wildman–Crippen MR) is 210 cm³/mol. The number of carbonyl (C=O) groups excluding carboxylic acids is 6. The Hall–Kier alpha value is 0.802. The molecular formula is C24H51AlCl3N3O9S6. The smallest absolute Gasteiger partial charge is 0.548 e. The summed E-state index contributed by atoms with van der Waals surface area (Å²) in [6.07, 6.45) is 7.15. The van der Waals surface area contributed by atoms with Crippen molar-refractivity contribution in [1.82, 2.24) is 16.0 Å². The molecule has 0 aliphatic heterocycles. The molecule has 0 radical (unpaired) electrons. The topological polar surface area (TPSA) is 208 Å². The molecule has 0 aromatic rings. The van der Waals surface area contributed by atoms with Crippen molar-refractivity contribution >= 4 is 166 Å². The van der Waals surface area contributed by atoms with Crippen molar-refractivity contribution < 1.29 is 44.1 Å². The van der Waals surface area contributed by atoms with Crippen LogP contribution in [0.25, 0.3) is 0 Å². The molecule has 0 heterocycles. The Morgan fingerprint density at radius 1 is 0.500 bits per heavy atom. The van der Waals surface area contributed by atoms with Gasteiger partial charge in [0, 0.05) is 18.1 Å². The van der Waals surface area contributed by atoms with Crippen LogP contribution in [0.1, 0.15) is 40.0 Å². The van der Waals surface area contributed by atoms with Crippen LogP contribution in [0.5, 0.6) is 0 Å². The quantitative estimate of drug-likeness (QED) is 0.111. The standard InChI is InChI=1S/3C8H15NO3S.Al.3ClH.3H2S/c3*1-6(10)5-9-7(8(11)12)3-4-13-2;;;;;;;/h3*7,9H,3-5H2,1-2H3,(H,11,12);;3*1H;3*1H2/q;;;+3;;;;;;/p-3/t3*7-;;;;;;;/m000......./s1. The summed E-state index contributed by atoms with van der Waals surface area (Å²) < 4.78 is 0. The minimum atomic E-state index is -1.14. The van der Waals surface area contributed by atoms with Gasteiger partial charge in [-0.15, -0.1) is 37.2 Å². The van der Waals surface area contributed by atoms with Gasteiger partial charge in [-0.05, 0) is 76.1 Å². The number of carboxylic acid groups (broad SMARTS) is 3. The summed E-state index contributed by atoms with van der Waals surface area (Å²) in [7, 11) is 0. The van der Waals surface area contributed by atoms with Crippen LogP contribution in [-0.2, 0) is 28.8 Å². The zero-order valence-electron chi connectivity index (χ0n) is 26.8. The van der Waals surface area contributed by atoms with E-state index in [0.29, 0.717) is 19.3 Å². The van der Waals surface area contributed by atoms with Crippen LogP contribution in [0.15, 0.2) is 0 Å². The molecule has 0 saturated heterocycles. The first-order chi connectivity index (χ1) is 18.2. The normalized spacial score (nSPS) is 10.6. The molecule has 0 amide bonds. The van der Waals surface area contributed by atoms with E-state index in [1.165, 1.54) is 20.8 Å². The van der Waals surface area contributed by atoms with Gasteiger partial charge in [0.05, 0.1) is 37.5 Å². The number of rotatable bonds is 21. The summed E-state index contributed by atoms with van der Waals surface area (Å²) in [6, 6.07) is -2.14. The summed E-state index contributed by atoms with van der Waals surface area (Å²) in [5, 5.41) is 39.5. The molecule has 0 rings (SSSR count). The second kappa shape index (κ2) is 50.2. The molecule has 22 heteroatoms. The molecule has 46 heavy (non-hydrogen) atoms. The molecule has 0 bridgehead atoms. The van der Waals surface area contributed by atoms with Gasteiger partial charge in [0.1, 0.15) is 17.3 Å². The summed E-state index contributed by atoms with van der Waals surface area (Å²) >= 11 is 4.70. The van der Waals surface area contributed by atoms with Gasteiger partial charge in [0.15, 0.2) is 0 Å². The van der Waals surface area contributed by atoms with Crippen LogP contribution in [0.3, 0.4) is 0 Å². The number of Topliss-reactive ketones (excluding diaryl/α,β-unsaturated/α-hetero) is 3. The Bertz CT molecular complexity index is 680. The van der Waals surface area contributed by atoms with Crippen molar-refractivity contribution in [2.45, 2.75) is 58.2 Å². The van der Waals surface area contributed by atoms with Crippen molar-refractivity contribution in [3.8, 4) is 0 Å². The Labute approximate surface area is 336 Å². The molecule has 12 nitrogen and oxygen atoms in total. The van der Waals surface area contributed by atoms with E-state index in [2.05, 4.69) is 16.0 Å². The molecule has 0 aromatic carbocycles. The van der Waals surface area contributed by atoms with Crippen molar-refractivity contribution in [3.05, 3.63) is 0 Å². The minimum Gasteiger partial charge on any atom is -0.548 e. The Morgan fingerprint density at radius 3 is 0.783 bits per heavy atom. The number of carbonyl (C=O) groups is 6. The number of ketones is 3. The second-order valence-electron chi connectivity index (χ2n) is 8.21. The molecule has 3 atom stereocenters. The third-order valence-corrected chi connectivity index (χ3v) is 6.41. The zero-order valence-corrected chi connectivity index (χ0v) is 35.9. The van der Waals surface area contributed by atoms with Gasteiger partial charge in [-0.2, -0.15) is 75.8 Å². The number of thioether (sulfide) groups is 3. The fraction of sp³-hybridized carbons (Fsp3) is 0.750. The van der Waals surface area contributed by atoms with E-state index in [1.54, 1.807) is 35.3 Å². The average molecular weight is 851 g/mol. The van der Waals surface area contributed by atoms with E-state index in [9.17, 15) is 44.1 Å². The maximum Gasteiger partial charge on any atom is 3.00 e. The van der Waals surface area contributed by atoms with E-state index >= 15 is 0 Å². The fourth-order valence-electron chi connectivity index (χ4n) is 2.42. The first-order valence-electron chi connectivity index (χ1n) is 12.0. The van der Waals surface area contributed by atoms with Crippen molar-refractivity contribution in [3.63, 3.8) is 0 Å². The van der Waals surface area contributed by atoms with Crippen LogP contribution >= 0.6 is 113 Å². The average Bonchev–Trinajstić information content (AvgIpc) is 2.83. The van der Waals surface area contributed by atoms with E-state index in [1.807, 2.05) is 18.8 Å².